The van der Waals surface area contributed by atoms with Crippen molar-refractivity contribution in [3.8, 4) is 23.5 Å². The maximum absolute atomic E-state index is 5.92. The number of pyridine rings is 1. The number of nitrogen functional groups attached to an aromatic ring is 1. The van der Waals surface area contributed by atoms with E-state index in [9.17, 15) is 0 Å². The summed E-state index contributed by atoms with van der Waals surface area (Å²) in [6.45, 7) is 0. The Morgan fingerprint density at radius 3 is 2.67 bits per heavy atom. The highest BCUT2D eigenvalue weighted by atomic mass is 16.3. The Hall–Kier alpha value is -2.73. The fraction of sp³-hybridized carbons (Fsp3) is 0. The van der Waals surface area contributed by atoms with E-state index in [0.29, 0.717) is 17.2 Å². The molecule has 0 fully saturated rings. The number of nitrogens with two attached hydrogens (primary N) is 1. The molecule has 0 spiro atoms. The summed E-state index contributed by atoms with van der Waals surface area (Å²) in [6, 6.07) is 11.9. The van der Waals surface area contributed by atoms with Gasteiger partial charge in [-0.15, -0.1) is 6.42 Å². The number of anilines is 1. The number of rotatable bonds is 1. The summed E-state index contributed by atoms with van der Waals surface area (Å²) in [5.74, 6) is 2.75. The number of fused-ring (bicyclic) bond motifs is 1. The Bertz CT molecular complexity index is 751. The summed E-state index contributed by atoms with van der Waals surface area (Å²) >= 11 is 0. The van der Waals surface area contributed by atoms with Gasteiger partial charge in [0.2, 0.25) is 11.5 Å². The molecule has 0 saturated heterocycles. The van der Waals surface area contributed by atoms with Crippen LogP contribution in [0.25, 0.3) is 22.2 Å². The van der Waals surface area contributed by atoms with Crippen LogP contribution in [-0.2, 0) is 0 Å². The number of hydrogen-bond donors (Lipinski definition) is 1. The van der Waals surface area contributed by atoms with E-state index in [1.807, 2.05) is 36.4 Å². The number of furan rings is 1. The minimum atomic E-state index is 0.336. The summed E-state index contributed by atoms with van der Waals surface area (Å²) in [4.78, 5) is 4.24. The molecule has 0 unspecified atom stereocenters. The van der Waals surface area contributed by atoms with Crippen molar-refractivity contribution in [3.05, 3.63) is 48.4 Å². The van der Waals surface area contributed by atoms with Gasteiger partial charge in [0.15, 0.2) is 0 Å². The highest BCUT2D eigenvalue weighted by Gasteiger charge is 2.11. The number of hydrogen-bond acceptors (Lipinski definition) is 3. The van der Waals surface area contributed by atoms with Gasteiger partial charge in [0.25, 0.3) is 0 Å². The third-order valence-electron chi connectivity index (χ3n) is 2.82. The molecule has 3 rings (SSSR count). The lowest BCUT2D eigenvalue weighted by Crippen LogP contribution is -1.86. The first kappa shape index (κ1) is 10.4. The van der Waals surface area contributed by atoms with Crippen LogP contribution in [0, 0.1) is 12.3 Å². The molecule has 2 heterocycles. The van der Waals surface area contributed by atoms with Gasteiger partial charge in [-0.05, 0) is 17.6 Å². The van der Waals surface area contributed by atoms with E-state index in [2.05, 4.69) is 10.9 Å². The quantitative estimate of drug-likeness (QED) is 0.658. The average molecular weight is 234 g/mol. The average Bonchev–Trinajstić information content (AvgIpc) is 2.76. The van der Waals surface area contributed by atoms with Gasteiger partial charge in [-0.1, -0.05) is 30.3 Å². The second-order valence-electron chi connectivity index (χ2n) is 3.93. The molecule has 0 aliphatic heterocycles. The Balaban J connectivity index is 2.23. The highest BCUT2D eigenvalue weighted by Crippen LogP contribution is 2.30. The zero-order valence-corrected chi connectivity index (χ0v) is 9.55. The van der Waals surface area contributed by atoms with E-state index in [4.69, 9.17) is 16.6 Å². The molecule has 0 amide bonds. The molecule has 0 aliphatic carbocycles. The molecule has 0 aliphatic rings. The van der Waals surface area contributed by atoms with Crippen molar-refractivity contribution in [2.24, 2.45) is 0 Å². The number of terminal acetylenes is 1. The van der Waals surface area contributed by atoms with Gasteiger partial charge < -0.3 is 10.2 Å². The molecule has 3 aromatic rings. The lowest BCUT2D eigenvalue weighted by molar-refractivity contribution is 0.591. The number of aromatic nitrogens is 1. The fourth-order valence-corrected chi connectivity index (χ4v) is 1.90. The Labute approximate surface area is 104 Å². The zero-order valence-electron chi connectivity index (χ0n) is 9.55. The minimum Gasteiger partial charge on any atom is -0.427 e. The van der Waals surface area contributed by atoms with Gasteiger partial charge in [0, 0.05) is 11.8 Å². The summed E-state index contributed by atoms with van der Waals surface area (Å²) < 4.78 is 5.37. The van der Waals surface area contributed by atoms with Crippen LogP contribution in [0.15, 0.2) is 47.0 Å². The standard InChI is InChI=1S/C15H10N2O/c1-2-13-14(16)12-8-11(9-17-15(12)18-13)10-6-4-3-5-7-10/h1,3-9H,16H2. The van der Waals surface area contributed by atoms with Crippen LogP contribution in [0.1, 0.15) is 5.76 Å². The van der Waals surface area contributed by atoms with Crippen LogP contribution in [0.3, 0.4) is 0 Å². The van der Waals surface area contributed by atoms with E-state index in [-0.39, 0.29) is 0 Å². The summed E-state index contributed by atoms with van der Waals surface area (Å²) in [5, 5.41) is 0.754. The number of benzene rings is 1. The fourth-order valence-electron chi connectivity index (χ4n) is 1.90. The van der Waals surface area contributed by atoms with Crippen molar-refractivity contribution in [2.45, 2.75) is 0 Å². The van der Waals surface area contributed by atoms with Crippen LogP contribution in [0.2, 0.25) is 0 Å². The predicted octanol–water partition coefficient (Wildman–Crippen LogP) is 3.06. The van der Waals surface area contributed by atoms with Crippen molar-refractivity contribution in [1.29, 1.82) is 0 Å². The molecule has 1 aromatic carbocycles. The second kappa shape index (κ2) is 3.94. The maximum Gasteiger partial charge on any atom is 0.229 e. The third kappa shape index (κ3) is 1.52. The summed E-state index contributed by atoms with van der Waals surface area (Å²) in [7, 11) is 0. The van der Waals surface area contributed by atoms with Crippen LogP contribution in [0.5, 0.6) is 0 Å². The van der Waals surface area contributed by atoms with Crippen molar-refractivity contribution in [2.75, 3.05) is 5.73 Å². The monoisotopic (exact) mass is 234 g/mol. The molecule has 86 valence electrons. The van der Waals surface area contributed by atoms with Crippen molar-refractivity contribution < 1.29 is 4.42 Å². The molecule has 3 nitrogen and oxygen atoms in total. The lowest BCUT2D eigenvalue weighted by Gasteiger charge is -2.00. The Morgan fingerprint density at radius 1 is 1.17 bits per heavy atom. The molecule has 2 aromatic heterocycles. The summed E-state index contributed by atoms with van der Waals surface area (Å²) in [5.41, 5.74) is 8.93. The smallest absolute Gasteiger partial charge is 0.229 e. The van der Waals surface area contributed by atoms with Crippen molar-refractivity contribution in [3.63, 3.8) is 0 Å². The minimum absolute atomic E-state index is 0.336. The molecule has 18 heavy (non-hydrogen) atoms. The largest absolute Gasteiger partial charge is 0.427 e. The molecular formula is C15H10N2O. The predicted molar refractivity (Wildman–Crippen MR) is 71.8 cm³/mol. The summed E-state index contributed by atoms with van der Waals surface area (Å²) in [6.07, 6.45) is 7.06. The van der Waals surface area contributed by atoms with Gasteiger partial charge in [-0.2, -0.15) is 0 Å². The third-order valence-corrected chi connectivity index (χ3v) is 2.82. The SMILES string of the molecule is C#Cc1oc2ncc(-c3ccccc3)cc2c1N. The van der Waals surface area contributed by atoms with Crippen LogP contribution < -0.4 is 5.73 Å². The Kier molecular flexibility index (Phi) is 2.28. The Morgan fingerprint density at radius 2 is 1.94 bits per heavy atom. The van der Waals surface area contributed by atoms with Crippen LogP contribution >= 0.6 is 0 Å². The topological polar surface area (TPSA) is 52.0 Å². The van der Waals surface area contributed by atoms with Crippen molar-refractivity contribution in [1.82, 2.24) is 4.98 Å². The van der Waals surface area contributed by atoms with E-state index in [0.717, 1.165) is 16.5 Å². The van der Waals surface area contributed by atoms with Gasteiger partial charge >= 0.3 is 0 Å². The van der Waals surface area contributed by atoms with Crippen LogP contribution in [0.4, 0.5) is 5.69 Å². The molecule has 0 saturated carbocycles. The molecule has 3 heteroatoms. The van der Waals surface area contributed by atoms with E-state index < -0.39 is 0 Å². The van der Waals surface area contributed by atoms with Gasteiger partial charge in [0.05, 0.1) is 11.1 Å². The first-order valence-corrected chi connectivity index (χ1v) is 5.49. The zero-order chi connectivity index (χ0) is 12.5. The van der Waals surface area contributed by atoms with Gasteiger partial charge in [-0.25, -0.2) is 4.98 Å². The van der Waals surface area contributed by atoms with Crippen LogP contribution in [-0.4, -0.2) is 4.98 Å². The van der Waals surface area contributed by atoms with E-state index >= 15 is 0 Å². The van der Waals surface area contributed by atoms with E-state index in [1.54, 1.807) is 6.20 Å². The first-order chi connectivity index (χ1) is 8.79. The van der Waals surface area contributed by atoms with E-state index in [1.165, 1.54) is 0 Å². The molecule has 0 radical (unpaired) electrons. The molecule has 0 atom stereocenters. The number of nitrogens with zero attached hydrogens (tertiary/aromatic N) is 1. The second-order valence-corrected chi connectivity index (χ2v) is 3.93. The van der Waals surface area contributed by atoms with Crippen molar-refractivity contribution >= 4 is 16.8 Å². The molecule has 2 N–H and O–H groups in total. The maximum atomic E-state index is 5.92. The first-order valence-electron chi connectivity index (χ1n) is 5.49. The highest BCUT2D eigenvalue weighted by molar-refractivity contribution is 5.92. The van der Waals surface area contributed by atoms with Gasteiger partial charge in [-0.3, -0.25) is 0 Å². The molecule has 0 bridgehead atoms. The lowest BCUT2D eigenvalue weighted by atomic mass is 10.1. The molecular weight excluding hydrogens is 224 g/mol. The van der Waals surface area contributed by atoms with Gasteiger partial charge in [0.1, 0.15) is 0 Å². The normalized spacial score (nSPS) is 10.4.